The molecule has 2 aromatic rings. The maximum atomic E-state index is 12.1. The zero-order chi connectivity index (χ0) is 15.0. The number of nitrogens with one attached hydrogen (secondary N) is 1. The van der Waals surface area contributed by atoms with Crippen molar-refractivity contribution in [2.45, 2.75) is 20.4 Å². The van der Waals surface area contributed by atoms with Crippen LogP contribution in [0.4, 0.5) is 11.4 Å². The third-order valence-corrected chi connectivity index (χ3v) is 3.22. The van der Waals surface area contributed by atoms with E-state index < -0.39 is 0 Å². The number of hydrogen-bond acceptors (Lipinski definition) is 5. The fourth-order valence-corrected chi connectivity index (χ4v) is 2.23. The summed E-state index contributed by atoms with van der Waals surface area (Å²) in [4.78, 5) is 12.1. The number of rotatable bonds is 3. The van der Waals surface area contributed by atoms with Crippen LogP contribution < -0.4 is 20.5 Å². The Kier molecular flexibility index (Phi) is 6.12. The largest absolute Gasteiger partial charge is 0.454 e. The molecule has 9 heteroatoms. The Bertz CT molecular complexity index is 718. The normalized spacial score (nSPS) is 11.4. The van der Waals surface area contributed by atoms with Crippen LogP contribution in [0.5, 0.6) is 11.5 Å². The average molecular weight is 361 g/mol. The van der Waals surface area contributed by atoms with Gasteiger partial charge in [0.15, 0.2) is 11.5 Å². The predicted octanol–water partition coefficient (Wildman–Crippen LogP) is 2.29. The second kappa shape index (κ2) is 7.43. The molecule has 0 bridgehead atoms. The van der Waals surface area contributed by atoms with E-state index in [-0.39, 0.29) is 44.1 Å². The summed E-state index contributed by atoms with van der Waals surface area (Å²) in [6, 6.07) is 5.22. The molecule has 0 fully saturated rings. The molecule has 1 aliphatic rings. The number of carbonyl (C=O) groups is 1. The molecule has 0 spiro atoms. The number of nitrogens with two attached hydrogens (primary N) is 1. The first-order chi connectivity index (χ1) is 10.0. The lowest BCUT2D eigenvalue weighted by Crippen LogP contribution is -2.20. The topological polar surface area (TPSA) is 91.4 Å². The summed E-state index contributed by atoms with van der Waals surface area (Å²) in [7, 11) is 0. The molecule has 1 aromatic carbocycles. The van der Waals surface area contributed by atoms with Crippen molar-refractivity contribution in [3.63, 3.8) is 0 Å². The van der Waals surface area contributed by atoms with Crippen molar-refractivity contribution in [2.24, 2.45) is 0 Å². The van der Waals surface area contributed by atoms with Gasteiger partial charge in [0.2, 0.25) is 12.7 Å². The smallest absolute Gasteiger partial charge is 0.246 e. The first-order valence-corrected chi connectivity index (χ1v) is 6.53. The summed E-state index contributed by atoms with van der Waals surface area (Å²) in [5.41, 5.74) is 8.64. The van der Waals surface area contributed by atoms with Crippen LogP contribution in [0, 0.1) is 13.8 Å². The summed E-state index contributed by atoms with van der Waals surface area (Å²) >= 11 is 0. The third-order valence-electron chi connectivity index (χ3n) is 3.22. The number of benzene rings is 1. The van der Waals surface area contributed by atoms with Crippen LogP contribution in [0.1, 0.15) is 11.4 Å². The van der Waals surface area contributed by atoms with Gasteiger partial charge in [0.25, 0.3) is 0 Å². The zero-order valence-electron chi connectivity index (χ0n) is 12.7. The van der Waals surface area contributed by atoms with E-state index in [1.54, 1.807) is 16.8 Å². The average Bonchev–Trinajstić information content (AvgIpc) is 2.96. The second-order valence-electron chi connectivity index (χ2n) is 4.93. The molecule has 0 saturated heterocycles. The predicted molar refractivity (Wildman–Crippen MR) is 91.8 cm³/mol. The zero-order valence-corrected chi connectivity index (χ0v) is 14.3. The van der Waals surface area contributed by atoms with Gasteiger partial charge in [-0.05, 0) is 19.9 Å². The minimum absolute atomic E-state index is 0. The van der Waals surface area contributed by atoms with E-state index in [2.05, 4.69) is 10.4 Å². The molecule has 2 heterocycles. The van der Waals surface area contributed by atoms with Gasteiger partial charge in [-0.3, -0.25) is 9.48 Å². The fourth-order valence-electron chi connectivity index (χ4n) is 2.23. The molecular formula is C14H18Cl2N4O3. The van der Waals surface area contributed by atoms with Gasteiger partial charge in [-0.15, -0.1) is 24.8 Å². The highest BCUT2D eigenvalue weighted by molar-refractivity contribution is 5.94. The number of ether oxygens (including phenoxy) is 2. The number of aryl methyl sites for hydroxylation is 2. The van der Waals surface area contributed by atoms with Crippen molar-refractivity contribution in [3.05, 3.63) is 29.6 Å². The summed E-state index contributed by atoms with van der Waals surface area (Å²) in [6.45, 7) is 4.09. The number of fused-ring (bicyclic) bond motifs is 1. The number of halogens is 2. The second-order valence-corrected chi connectivity index (χ2v) is 4.93. The Morgan fingerprint density at radius 1 is 1.26 bits per heavy atom. The quantitative estimate of drug-likeness (QED) is 0.819. The van der Waals surface area contributed by atoms with Crippen molar-refractivity contribution in [1.82, 2.24) is 9.78 Å². The van der Waals surface area contributed by atoms with E-state index in [9.17, 15) is 4.79 Å². The van der Waals surface area contributed by atoms with E-state index in [1.807, 2.05) is 19.9 Å². The maximum Gasteiger partial charge on any atom is 0.246 e. The minimum Gasteiger partial charge on any atom is -0.454 e. The van der Waals surface area contributed by atoms with Gasteiger partial charge in [0.1, 0.15) is 6.54 Å². The molecule has 23 heavy (non-hydrogen) atoms. The molecule has 3 rings (SSSR count). The van der Waals surface area contributed by atoms with Crippen LogP contribution >= 0.6 is 24.8 Å². The Labute approximate surface area is 145 Å². The lowest BCUT2D eigenvalue weighted by molar-refractivity contribution is -0.116. The van der Waals surface area contributed by atoms with Crippen LogP contribution in [0.2, 0.25) is 0 Å². The summed E-state index contributed by atoms with van der Waals surface area (Å²) in [5, 5.41) is 7.02. The third kappa shape index (κ3) is 4.00. The molecular weight excluding hydrogens is 343 g/mol. The van der Waals surface area contributed by atoms with Gasteiger partial charge >= 0.3 is 0 Å². The summed E-state index contributed by atoms with van der Waals surface area (Å²) in [6.07, 6.45) is 0. The number of carbonyl (C=O) groups excluding carboxylic acids is 1. The van der Waals surface area contributed by atoms with Crippen LogP contribution in [0.15, 0.2) is 18.2 Å². The van der Waals surface area contributed by atoms with Crippen LogP contribution in [-0.4, -0.2) is 22.5 Å². The molecule has 0 aliphatic carbocycles. The van der Waals surface area contributed by atoms with Gasteiger partial charge in [0.05, 0.1) is 17.1 Å². The number of nitrogen functional groups attached to an aromatic ring is 1. The molecule has 1 amide bonds. The van der Waals surface area contributed by atoms with Gasteiger partial charge in [-0.2, -0.15) is 5.10 Å². The van der Waals surface area contributed by atoms with Crippen molar-refractivity contribution < 1.29 is 14.3 Å². The van der Waals surface area contributed by atoms with Gasteiger partial charge < -0.3 is 20.5 Å². The van der Waals surface area contributed by atoms with E-state index in [0.717, 1.165) is 11.4 Å². The van der Waals surface area contributed by atoms with E-state index in [0.29, 0.717) is 22.9 Å². The van der Waals surface area contributed by atoms with Crippen LogP contribution in [0.25, 0.3) is 0 Å². The Morgan fingerprint density at radius 2 is 1.91 bits per heavy atom. The molecule has 7 nitrogen and oxygen atoms in total. The Morgan fingerprint density at radius 3 is 2.52 bits per heavy atom. The highest BCUT2D eigenvalue weighted by atomic mass is 35.5. The van der Waals surface area contributed by atoms with E-state index in [1.165, 1.54) is 0 Å². The molecule has 1 aliphatic heterocycles. The van der Waals surface area contributed by atoms with Crippen LogP contribution in [-0.2, 0) is 11.3 Å². The van der Waals surface area contributed by atoms with Crippen molar-refractivity contribution in [1.29, 1.82) is 0 Å². The Hall–Kier alpha value is -2.12. The molecule has 3 N–H and O–H groups in total. The SMILES string of the molecule is Cc1cc(C)n(CC(=O)Nc2cc3c(cc2N)OCO3)n1.Cl.Cl. The highest BCUT2D eigenvalue weighted by Gasteiger charge is 2.17. The number of anilines is 2. The number of nitrogens with zero attached hydrogens (tertiary/aromatic N) is 2. The van der Waals surface area contributed by atoms with Crippen molar-refractivity contribution in [3.8, 4) is 11.5 Å². The number of aromatic nitrogens is 2. The summed E-state index contributed by atoms with van der Waals surface area (Å²) < 4.78 is 12.1. The molecule has 0 saturated carbocycles. The first-order valence-electron chi connectivity index (χ1n) is 6.53. The van der Waals surface area contributed by atoms with Gasteiger partial charge in [-0.25, -0.2) is 0 Å². The standard InChI is InChI=1S/C14H16N4O3.2ClH/c1-8-3-9(2)18(17-8)6-14(19)16-11-5-13-12(4-10(11)15)20-7-21-13;;/h3-5H,6-7,15H2,1-2H3,(H,16,19);2*1H. The fraction of sp³-hybridized carbons (Fsp3) is 0.286. The van der Waals surface area contributed by atoms with E-state index in [4.69, 9.17) is 15.2 Å². The Balaban J connectivity index is 0.00000132. The maximum absolute atomic E-state index is 12.1. The van der Waals surface area contributed by atoms with Crippen LogP contribution in [0.3, 0.4) is 0 Å². The molecule has 1 aromatic heterocycles. The van der Waals surface area contributed by atoms with Gasteiger partial charge in [0, 0.05) is 17.8 Å². The van der Waals surface area contributed by atoms with Crippen molar-refractivity contribution in [2.75, 3.05) is 17.8 Å². The van der Waals surface area contributed by atoms with Gasteiger partial charge in [-0.1, -0.05) is 0 Å². The number of amides is 1. The molecule has 0 atom stereocenters. The molecule has 0 radical (unpaired) electrons. The highest BCUT2D eigenvalue weighted by Crippen LogP contribution is 2.38. The number of hydrogen-bond donors (Lipinski definition) is 2. The summed E-state index contributed by atoms with van der Waals surface area (Å²) in [5.74, 6) is 0.960. The molecule has 0 unspecified atom stereocenters. The monoisotopic (exact) mass is 360 g/mol. The minimum atomic E-state index is -0.202. The molecule has 126 valence electrons. The van der Waals surface area contributed by atoms with Crippen molar-refractivity contribution >= 4 is 42.1 Å². The lowest BCUT2D eigenvalue weighted by Gasteiger charge is -2.10. The lowest BCUT2D eigenvalue weighted by atomic mass is 10.2. The van der Waals surface area contributed by atoms with E-state index >= 15 is 0 Å². The first kappa shape index (κ1) is 18.9.